The van der Waals surface area contributed by atoms with E-state index in [1.54, 1.807) is 0 Å². The average Bonchev–Trinajstić information content (AvgIpc) is 3.28. The number of benzene rings is 2. The van der Waals surface area contributed by atoms with Crippen molar-refractivity contribution in [3.63, 3.8) is 0 Å². The minimum atomic E-state index is -0.970. The van der Waals surface area contributed by atoms with Crippen LogP contribution in [-0.2, 0) is 6.54 Å². The van der Waals surface area contributed by atoms with E-state index < -0.39 is 5.97 Å². The lowest BCUT2D eigenvalue weighted by molar-refractivity contribution is 0.0685. The number of H-pyrrole nitrogens is 1. The average molecular weight is 480 g/mol. The predicted octanol–water partition coefficient (Wildman–Crippen LogP) is 4.76. The van der Waals surface area contributed by atoms with Gasteiger partial charge in [0, 0.05) is 29.4 Å². The monoisotopic (exact) mass is 479 g/mol. The number of aryl methyl sites for hydroxylation is 2. The van der Waals surface area contributed by atoms with Crippen LogP contribution in [0.4, 0.5) is 0 Å². The van der Waals surface area contributed by atoms with Gasteiger partial charge in [-0.15, -0.1) is 10.2 Å². The largest absolute Gasteiger partial charge is 0.476 e. The summed E-state index contributed by atoms with van der Waals surface area (Å²) in [5.74, 6) is 1.21. The molecule has 1 fully saturated rings. The first-order valence-corrected chi connectivity index (χ1v) is 11.9. The molecule has 180 valence electrons. The van der Waals surface area contributed by atoms with Crippen LogP contribution in [0.1, 0.15) is 52.0 Å². The number of tetrazole rings is 1. The molecule has 0 saturated heterocycles. The molecule has 0 atom stereocenters. The maximum atomic E-state index is 12.5. The molecule has 9 nitrogen and oxygen atoms in total. The van der Waals surface area contributed by atoms with Crippen LogP contribution in [0.25, 0.3) is 28.3 Å². The second-order valence-corrected chi connectivity index (χ2v) is 9.24. The van der Waals surface area contributed by atoms with Gasteiger partial charge in [-0.2, -0.15) is 5.21 Å². The van der Waals surface area contributed by atoms with E-state index in [1.165, 1.54) is 0 Å². The van der Waals surface area contributed by atoms with Crippen LogP contribution in [0.15, 0.2) is 60.7 Å². The molecular weight excluding hydrogens is 454 g/mol. The molecule has 5 aromatic rings. The maximum absolute atomic E-state index is 12.5. The molecule has 2 aromatic carbocycles. The molecule has 0 unspecified atom stereocenters. The van der Waals surface area contributed by atoms with Gasteiger partial charge in [-0.3, -0.25) is 0 Å². The zero-order valence-electron chi connectivity index (χ0n) is 20.0. The van der Waals surface area contributed by atoms with Gasteiger partial charge in [0.15, 0.2) is 11.5 Å². The molecule has 3 aromatic heterocycles. The normalized spacial score (nSPS) is 13.3. The van der Waals surface area contributed by atoms with Gasteiger partial charge in [0.05, 0.1) is 0 Å². The molecule has 0 spiro atoms. The van der Waals surface area contributed by atoms with Crippen molar-refractivity contribution in [1.29, 1.82) is 0 Å². The van der Waals surface area contributed by atoms with Gasteiger partial charge in [-0.1, -0.05) is 48.5 Å². The van der Waals surface area contributed by atoms with Crippen LogP contribution in [0.2, 0.25) is 0 Å². The number of carbonyl (C=O) groups is 1. The number of aromatic carboxylic acids is 1. The van der Waals surface area contributed by atoms with Crippen molar-refractivity contribution in [3.05, 3.63) is 89.1 Å². The molecule has 2 N–H and O–H groups in total. The Morgan fingerprint density at radius 1 is 1.00 bits per heavy atom. The molecule has 0 aliphatic heterocycles. The Kier molecular flexibility index (Phi) is 5.25. The number of rotatable bonds is 7. The van der Waals surface area contributed by atoms with Gasteiger partial charge in [0.1, 0.15) is 5.82 Å². The van der Waals surface area contributed by atoms with Crippen molar-refractivity contribution in [2.24, 2.45) is 0 Å². The summed E-state index contributed by atoms with van der Waals surface area (Å²) in [7, 11) is 0. The highest BCUT2D eigenvalue weighted by Gasteiger charge is 2.34. The minimum absolute atomic E-state index is 0.228. The number of aromatic nitrogens is 7. The van der Waals surface area contributed by atoms with Gasteiger partial charge in [0.25, 0.3) is 0 Å². The van der Waals surface area contributed by atoms with E-state index in [0.29, 0.717) is 24.1 Å². The number of nitrogens with one attached hydrogen (secondary N) is 1. The number of imidazole rings is 1. The summed E-state index contributed by atoms with van der Waals surface area (Å²) in [4.78, 5) is 17.4. The van der Waals surface area contributed by atoms with E-state index in [2.05, 4.69) is 20.6 Å². The molecule has 0 radical (unpaired) electrons. The van der Waals surface area contributed by atoms with E-state index in [-0.39, 0.29) is 5.69 Å². The van der Waals surface area contributed by atoms with Crippen molar-refractivity contribution >= 4 is 5.97 Å². The number of nitrogens with zero attached hydrogens (tertiary/aromatic N) is 6. The van der Waals surface area contributed by atoms with Crippen LogP contribution in [-0.4, -0.2) is 45.8 Å². The van der Waals surface area contributed by atoms with Gasteiger partial charge in [-0.05, 0) is 60.7 Å². The SMILES string of the molecule is Cc1ccc(C)n1-c1nc(C2CC2)n(Cc2ccc(-c3ccccc3-c3nn[nH]n3)cc2)c1C(=O)O. The molecule has 9 heteroatoms. The number of carboxylic acid groups (broad SMARTS) is 1. The third kappa shape index (κ3) is 3.78. The maximum Gasteiger partial charge on any atom is 0.356 e. The highest BCUT2D eigenvalue weighted by molar-refractivity contribution is 5.90. The molecule has 1 saturated carbocycles. The second-order valence-electron chi connectivity index (χ2n) is 9.24. The number of carboxylic acids is 1. The molecule has 1 aliphatic rings. The zero-order valence-corrected chi connectivity index (χ0v) is 20.0. The Labute approximate surface area is 207 Å². The first-order valence-electron chi connectivity index (χ1n) is 11.9. The Hall–Kier alpha value is -4.53. The summed E-state index contributed by atoms with van der Waals surface area (Å²) in [6, 6.07) is 20.1. The Morgan fingerprint density at radius 3 is 2.31 bits per heavy atom. The molecule has 6 rings (SSSR count). The summed E-state index contributed by atoms with van der Waals surface area (Å²) in [5, 5.41) is 24.7. The number of aromatic amines is 1. The van der Waals surface area contributed by atoms with Crippen LogP contribution in [0, 0.1) is 13.8 Å². The lowest BCUT2D eigenvalue weighted by Gasteiger charge is -2.12. The predicted molar refractivity (Wildman–Crippen MR) is 134 cm³/mol. The zero-order chi connectivity index (χ0) is 24.8. The fourth-order valence-electron chi connectivity index (χ4n) is 4.82. The van der Waals surface area contributed by atoms with E-state index in [4.69, 9.17) is 4.98 Å². The first-order chi connectivity index (χ1) is 17.5. The van der Waals surface area contributed by atoms with Crippen molar-refractivity contribution < 1.29 is 9.90 Å². The smallest absolute Gasteiger partial charge is 0.356 e. The quantitative estimate of drug-likeness (QED) is 0.348. The number of hydrogen-bond acceptors (Lipinski definition) is 5. The fourth-order valence-corrected chi connectivity index (χ4v) is 4.82. The standard InChI is InChI=1S/C27H25N7O2/c1-16-7-8-17(2)34(16)26-23(27(35)36)33(25(28-26)20-13-14-20)15-18-9-11-19(12-10-18)21-5-3-4-6-22(21)24-29-31-32-30-24/h3-12,20H,13-15H2,1-2H3,(H,35,36)(H,29,30,31,32). The number of hydrogen-bond donors (Lipinski definition) is 2. The van der Waals surface area contributed by atoms with E-state index >= 15 is 0 Å². The second kappa shape index (κ2) is 8.60. The fraction of sp³-hybridized carbons (Fsp3) is 0.222. The molecule has 3 heterocycles. The van der Waals surface area contributed by atoms with E-state index in [9.17, 15) is 9.90 Å². The molecule has 0 bridgehead atoms. The van der Waals surface area contributed by atoms with Crippen LogP contribution in [0.5, 0.6) is 0 Å². The Balaban J connectivity index is 1.39. The summed E-state index contributed by atoms with van der Waals surface area (Å²) in [6.45, 7) is 4.38. The topological polar surface area (TPSA) is 115 Å². The van der Waals surface area contributed by atoms with E-state index in [0.717, 1.165) is 52.3 Å². The lowest BCUT2D eigenvalue weighted by Crippen LogP contribution is -2.14. The van der Waals surface area contributed by atoms with Gasteiger partial charge in [-0.25, -0.2) is 9.78 Å². The molecular formula is C27H25N7O2. The van der Waals surface area contributed by atoms with Crippen molar-refractivity contribution in [2.45, 2.75) is 39.2 Å². The molecule has 1 aliphatic carbocycles. The molecule has 36 heavy (non-hydrogen) atoms. The van der Waals surface area contributed by atoms with E-state index in [1.807, 2.05) is 83.6 Å². The Bertz CT molecular complexity index is 1540. The van der Waals surface area contributed by atoms with Crippen LogP contribution in [0.3, 0.4) is 0 Å². The van der Waals surface area contributed by atoms with Crippen LogP contribution >= 0.6 is 0 Å². The summed E-state index contributed by atoms with van der Waals surface area (Å²) in [5.41, 5.74) is 6.07. The van der Waals surface area contributed by atoms with Gasteiger partial charge >= 0.3 is 5.97 Å². The van der Waals surface area contributed by atoms with Crippen LogP contribution < -0.4 is 0 Å². The third-order valence-corrected chi connectivity index (χ3v) is 6.73. The lowest BCUT2D eigenvalue weighted by atomic mass is 9.98. The minimum Gasteiger partial charge on any atom is -0.476 e. The highest BCUT2D eigenvalue weighted by atomic mass is 16.4. The highest BCUT2D eigenvalue weighted by Crippen LogP contribution is 2.41. The summed E-state index contributed by atoms with van der Waals surface area (Å²) >= 11 is 0. The van der Waals surface area contributed by atoms with Crippen molar-refractivity contribution in [2.75, 3.05) is 0 Å². The third-order valence-electron chi connectivity index (χ3n) is 6.73. The van der Waals surface area contributed by atoms with Crippen molar-refractivity contribution in [1.82, 2.24) is 34.7 Å². The summed E-state index contributed by atoms with van der Waals surface area (Å²) in [6.07, 6.45) is 2.07. The van der Waals surface area contributed by atoms with Gasteiger partial charge < -0.3 is 14.2 Å². The Morgan fingerprint density at radius 2 is 1.69 bits per heavy atom. The summed E-state index contributed by atoms with van der Waals surface area (Å²) < 4.78 is 3.82. The van der Waals surface area contributed by atoms with Gasteiger partial charge in [0.2, 0.25) is 5.82 Å². The molecule has 0 amide bonds. The van der Waals surface area contributed by atoms with Crippen molar-refractivity contribution in [3.8, 4) is 28.3 Å². The first kappa shape index (κ1) is 22.0.